The van der Waals surface area contributed by atoms with Gasteiger partial charge in [-0.3, -0.25) is 9.59 Å². The normalized spacial score (nSPS) is 9.70. The second kappa shape index (κ2) is 7.85. The number of aliphatic carboxylic acids is 1. The molecular weight excluding hydrogens is 398 g/mol. The fraction of sp³-hybridized carbons (Fsp3) is 0.182. The van der Waals surface area contributed by atoms with Crippen LogP contribution in [0.2, 0.25) is 0 Å². The maximum absolute atomic E-state index is 11.6. The first-order chi connectivity index (χ1) is 9.40. The summed E-state index contributed by atoms with van der Waals surface area (Å²) in [5, 5.41) is 15.4. The lowest BCUT2D eigenvalue weighted by molar-refractivity contribution is -0.137. The first-order valence-corrected chi connectivity index (χ1v) is 6.96. The molecule has 1 aromatic rings. The minimum atomic E-state index is -1.15. The van der Waals surface area contributed by atoms with Crippen molar-refractivity contribution in [3.8, 4) is 0 Å². The van der Waals surface area contributed by atoms with Gasteiger partial charge in [0.1, 0.15) is 6.54 Å². The molecule has 0 atom stereocenters. The number of nitrogens with one attached hydrogen (secondary N) is 3. The second-order valence-corrected chi connectivity index (χ2v) is 5.28. The summed E-state index contributed by atoms with van der Waals surface area (Å²) in [5.41, 5.74) is 0.524. The third kappa shape index (κ3) is 5.57. The molecule has 0 bridgehead atoms. The Labute approximate surface area is 131 Å². The Morgan fingerprint density at radius 2 is 1.65 bits per heavy atom. The molecule has 0 heterocycles. The van der Waals surface area contributed by atoms with Crippen LogP contribution in [0, 0.1) is 0 Å². The molecule has 0 saturated heterocycles. The number of benzene rings is 1. The van der Waals surface area contributed by atoms with Crippen LogP contribution in [0.5, 0.6) is 0 Å². The molecule has 1 rings (SSSR count). The Kier molecular flexibility index (Phi) is 6.46. The quantitative estimate of drug-likeness (QED) is 0.592. The van der Waals surface area contributed by atoms with Crippen LogP contribution in [-0.4, -0.2) is 36.1 Å². The number of urea groups is 1. The summed E-state index contributed by atoms with van der Waals surface area (Å²) >= 11 is 6.56. The zero-order valence-electron chi connectivity index (χ0n) is 10.1. The van der Waals surface area contributed by atoms with Crippen molar-refractivity contribution in [1.82, 2.24) is 10.6 Å². The lowest BCUT2D eigenvalue weighted by Crippen LogP contribution is -2.40. The summed E-state index contributed by atoms with van der Waals surface area (Å²) in [6.07, 6.45) is 0. The average molecular weight is 409 g/mol. The van der Waals surface area contributed by atoms with Crippen molar-refractivity contribution in [2.24, 2.45) is 0 Å². The second-order valence-electron chi connectivity index (χ2n) is 3.57. The zero-order chi connectivity index (χ0) is 15.1. The molecule has 0 unspecified atom stereocenters. The van der Waals surface area contributed by atoms with Crippen LogP contribution in [0.4, 0.5) is 10.5 Å². The van der Waals surface area contributed by atoms with E-state index in [1.54, 1.807) is 18.2 Å². The molecule has 0 spiro atoms. The van der Waals surface area contributed by atoms with Gasteiger partial charge in [-0.15, -0.1) is 0 Å². The average Bonchev–Trinajstić information content (AvgIpc) is 2.38. The fourth-order valence-electron chi connectivity index (χ4n) is 1.17. The van der Waals surface area contributed by atoms with Crippen molar-refractivity contribution >= 4 is 55.5 Å². The van der Waals surface area contributed by atoms with E-state index >= 15 is 0 Å². The highest BCUT2D eigenvalue weighted by Gasteiger charge is 2.10. The number of hydrogen-bond donors (Lipinski definition) is 4. The standard InChI is InChI=1S/C11H11Br2N3O4/c12-6-2-1-3-7(13)10(6)16-11(20)15-4-8(17)14-5-9(18)19/h1-3H,4-5H2,(H,14,17)(H,18,19)(H2,15,16,20). The number of carbonyl (C=O) groups is 3. The SMILES string of the molecule is O=C(O)CNC(=O)CNC(=O)Nc1c(Br)cccc1Br. The van der Waals surface area contributed by atoms with Crippen LogP contribution in [0.1, 0.15) is 0 Å². The van der Waals surface area contributed by atoms with Crippen molar-refractivity contribution in [3.63, 3.8) is 0 Å². The van der Waals surface area contributed by atoms with Gasteiger partial charge in [-0.2, -0.15) is 0 Å². The van der Waals surface area contributed by atoms with Gasteiger partial charge in [-0.25, -0.2) is 4.79 Å². The third-order valence-corrected chi connectivity index (χ3v) is 3.37. The number of rotatable bonds is 5. The van der Waals surface area contributed by atoms with E-state index in [4.69, 9.17) is 5.11 Å². The van der Waals surface area contributed by atoms with Crippen LogP contribution >= 0.6 is 31.9 Å². The minimum Gasteiger partial charge on any atom is -0.480 e. The van der Waals surface area contributed by atoms with E-state index in [0.717, 1.165) is 0 Å². The maximum Gasteiger partial charge on any atom is 0.322 e. The highest BCUT2D eigenvalue weighted by atomic mass is 79.9. The van der Waals surface area contributed by atoms with E-state index in [1.165, 1.54) is 0 Å². The molecule has 9 heteroatoms. The number of halogens is 2. The molecule has 7 nitrogen and oxygen atoms in total. The van der Waals surface area contributed by atoms with Gasteiger partial charge in [0.25, 0.3) is 0 Å². The predicted molar refractivity (Wildman–Crippen MR) is 79.5 cm³/mol. The Balaban J connectivity index is 2.44. The van der Waals surface area contributed by atoms with Crippen LogP contribution in [0.3, 0.4) is 0 Å². The molecule has 4 N–H and O–H groups in total. The van der Waals surface area contributed by atoms with E-state index in [1.807, 2.05) is 0 Å². The zero-order valence-corrected chi connectivity index (χ0v) is 13.2. The summed E-state index contributed by atoms with van der Waals surface area (Å²) in [6.45, 7) is -0.806. The molecule has 0 aromatic heterocycles. The summed E-state index contributed by atoms with van der Waals surface area (Å²) in [7, 11) is 0. The molecule has 0 aliphatic heterocycles. The monoisotopic (exact) mass is 407 g/mol. The first-order valence-electron chi connectivity index (χ1n) is 5.37. The lowest BCUT2D eigenvalue weighted by Gasteiger charge is -2.10. The van der Waals surface area contributed by atoms with E-state index in [9.17, 15) is 14.4 Å². The van der Waals surface area contributed by atoms with Gasteiger partial charge in [-0.1, -0.05) is 6.07 Å². The van der Waals surface area contributed by atoms with Crippen LogP contribution in [0.25, 0.3) is 0 Å². The molecule has 0 radical (unpaired) electrons. The Morgan fingerprint density at radius 1 is 1.05 bits per heavy atom. The number of amides is 3. The van der Waals surface area contributed by atoms with Crippen LogP contribution in [-0.2, 0) is 9.59 Å². The third-order valence-electron chi connectivity index (χ3n) is 2.05. The van der Waals surface area contributed by atoms with Gasteiger partial charge >= 0.3 is 12.0 Å². The lowest BCUT2D eigenvalue weighted by atomic mass is 10.3. The Bertz CT molecular complexity index is 516. The first kappa shape index (κ1) is 16.4. The molecule has 0 aliphatic rings. The van der Waals surface area contributed by atoms with Crippen molar-refractivity contribution < 1.29 is 19.5 Å². The van der Waals surface area contributed by atoms with E-state index < -0.39 is 24.5 Å². The van der Waals surface area contributed by atoms with Crippen molar-refractivity contribution in [3.05, 3.63) is 27.1 Å². The summed E-state index contributed by atoms with van der Waals surface area (Å²) < 4.78 is 1.36. The van der Waals surface area contributed by atoms with E-state index in [-0.39, 0.29) is 6.54 Å². The number of carbonyl (C=O) groups excluding carboxylic acids is 2. The minimum absolute atomic E-state index is 0.318. The summed E-state index contributed by atoms with van der Waals surface area (Å²) in [4.78, 5) is 33.0. The molecule has 0 aliphatic carbocycles. The van der Waals surface area contributed by atoms with Gasteiger partial charge < -0.3 is 21.1 Å². The highest BCUT2D eigenvalue weighted by Crippen LogP contribution is 2.30. The Hall–Kier alpha value is -1.61. The molecule has 20 heavy (non-hydrogen) atoms. The van der Waals surface area contributed by atoms with Gasteiger partial charge in [0, 0.05) is 8.95 Å². The van der Waals surface area contributed by atoms with Gasteiger partial charge in [0.2, 0.25) is 5.91 Å². The van der Waals surface area contributed by atoms with Gasteiger partial charge in [-0.05, 0) is 44.0 Å². The predicted octanol–water partition coefficient (Wildman–Crippen LogP) is 1.53. The molecule has 1 aromatic carbocycles. The molecular formula is C11H11Br2N3O4. The summed E-state index contributed by atoms with van der Waals surface area (Å²) in [6, 6.07) is 4.71. The fourth-order valence-corrected chi connectivity index (χ4v) is 2.37. The topological polar surface area (TPSA) is 108 Å². The largest absolute Gasteiger partial charge is 0.480 e. The molecule has 108 valence electrons. The van der Waals surface area contributed by atoms with Crippen LogP contribution < -0.4 is 16.0 Å². The molecule has 3 amide bonds. The summed E-state index contributed by atoms with van der Waals surface area (Å²) in [5.74, 6) is -1.74. The van der Waals surface area contributed by atoms with Crippen molar-refractivity contribution in [2.45, 2.75) is 0 Å². The van der Waals surface area contributed by atoms with Gasteiger partial charge in [0.05, 0.1) is 12.2 Å². The smallest absolute Gasteiger partial charge is 0.322 e. The van der Waals surface area contributed by atoms with Crippen molar-refractivity contribution in [2.75, 3.05) is 18.4 Å². The maximum atomic E-state index is 11.6. The molecule has 0 saturated carbocycles. The highest BCUT2D eigenvalue weighted by molar-refractivity contribution is 9.11. The van der Waals surface area contributed by atoms with Gasteiger partial charge in [0.15, 0.2) is 0 Å². The van der Waals surface area contributed by atoms with E-state index in [0.29, 0.717) is 14.6 Å². The number of para-hydroxylation sites is 1. The number of hydrogen-bond acceptors (Lipinski definition) is 3. The Morgan fingerprint density at radius 3 is 2.20 bits per heavy atom. The number of carboxylic acid groups (broad SMARTS) is 1. The number of anilines is 1. The van der Waals surface area contributed by atoms with Crippen LogP contribution in [0.15, 0.2) is 27.1 Å². The number of carboxylic acids is 1. The van der Waals surface area contributed by atoms with Crippen molar-refractivity contribution in [1.29, 1.82) is 0 Å². The molecule has 0 fully saturated rings. The van der Waals surface area contributed by atoms with E-state index in [2.05, 4.69) is 47.8 Å².